The largest absolute Gasteiger partial charge is 0.416 e. The van der Waals surface area contributed by atoms with Crippen LogP contribution in [0.1, 0.15) is 30.9 Å². The molecule has 0 spiro atoms. The van der Waals surface area contributed by atoms with Gasteiger partial charge < -0.3 is 5.32 Å². The number of benzene rings is 1. The highest BCUT2D eigenvalue weighted by Crippen LogP contribution is 2.36. The lowest BCUT2D eigenvalue weighted by atomic mass is 9.85. The number of rotatable bonds is 3. The fourth-order valence-corrected chi connectivity index (χ4v) is 3.52. The molecule has 1 aliphatic heterocycles. The van der Waals surface area contributed by atoms with Crippen molar-refractivity contribution >= 4 is 17.7 Å². The van der Waals surface area contributed by atoms with E-state index in [4.69, 9.17) is 0 Å². The van der Waals surface area contributed by atoms with Crippen molar-refractivity contribution in [3.05, 3.63) is 47.5 Å². The summed E-state index contributed by atoms with van der Waals surface area (Å²) in [6.45, 7) is 1.35. The van der Waals surface area contributed by atoms with Crippen LogP contribution in [0, 0.1) is 23.7 Å². The van der Waals surface area contributed by atoms with Crippen LogP contribution in [0.3, 0.4) is 0 Å². The molecule has 1 saturated heterocycles. The maximum atomic E-state index is 12.7. The molecule has 1 aromatic rings. The first kappa shape index (κ1) is 20.6. The van der Waals surface area contributed by atoms with Gasteiger partial charge in [0.2, 0.25) is 17.7 Å². The smallest absolute Gasteiger partial charge is 0.343 e. The van der Waals surface area contributed by atoms with E-state index in [1.165, 1.54) is 19.1 Å². The SMILES string of the molecule is C[C@H](C(=O)NCC#Cc1cccc(C(F)(F)F)c1)N1C(=O)[C@@H]2CC=CC[C@H]2C1=O. The second-order valence-electron chi connectivity index (χ2n) is 6.98. The van der Waals surface area contributed by atoms with Crippen molar-refractivity contribution in [1.29, 1.82) is 0 Å². The lowest BCUT2D eigenvalue weighted by Gasteiger charge is -2.21. The van der Waals surface area contributed by atoms with E-state index in [1.54, 1.807) is 0 Å². The van der Waals surface area contributed by atoms with Crippen LogP contribution < -0.4 is 5.32 Å². The normalized spacial score (nSPS) is 22.0. The minimum Gasteiger partial charge on any atom is -0.343 e. The zero-order valence-corrected chi connectivity index (χ0v) is 15.6. The molecule has 8 heteroatoms. The Kier molecular flexibility index (Phi) is 5.78. The molecule has 0 radical (unpaired) electrons. The maximum absolute atomic E-state index is 12.7. The Morgan fingerprint density at radius 1 is 1.21 bits per heavy atom. The molecular formula is C21H19F3N2O3. The molecule has 3 rings (SSSR count). The van der Waals surface area contributed by atoms with Gasteiger partial charge in [0.1, 0.15) is 6.04 Å². The van der Waals surface area contributed by atoms with Crippen LogP contribution in [-0.2, 0) is 20.6 Å². The van der Waals surface area contributed by atoms with Crippen molar-refractivity contribution < 1.29 is 27.6 Å². The van der Waals surface area contributed by atoms with Gasteiger partial charge in [-0.05, 0) is 38.0 Å². The monoisotopic (exact) mass is 404 g/mol. The van der Waals surface area contributed by atoms with E-state index in [1.807, 2.05) is 12.2 Å². The Labute approximate surface area is 165 Å². The third kappa shape index (κ3) is 4.34. The van der Waals surface area contributed by atoms with Crippen molar-refractivity contribution in [1.82, 2.24) is 10.2 Å². The number of carbonyl (C=O) groups excluding carboxylic acids is 3. The van der Waals surface area contributed by atoms with Gasteiger partial charge >= 0.3 is 6.18 Å². The number of imide groups is 1. The first-order valence-electron chi connectivity index (χ1n) is 9.16. The molecule has 0 bridgehead atoms. The summed E-state index contributed by atoms with van der Waals surface area (Å²) in [6.07, 6.45) is 0.252. The van der Waals surface area contributed by atoms with Crippen LogP contribution in [0.4, 0.5) is 13.2 Å². The van der Waals surface area contributed by atoms with Crippen LogP contribution >= 0.6 is 0 Å². The average molecular weight is 404 g/mol. The number of hydrogen-bond acceptors (Lipinski definition) is 3. The number of nitrogens with zero attached hydrogens (tertiary/aromatic N) is 1. The number of nitrogens with one attached hydrogen (secondary N) is 1. The lowest BCUT2D eigenvalue weighted by Crippen LogP contribution is -2.48. The van der Waals surface area contributed by atoms with Crippen LogP contribution in [0.25, 0.3) is 0 Å². The van der Waals surface area contributed by atoms with Crippen LogP contribution in [0.15, 0.2) is 36.4 Å². The number of allylic oxidation sites excluding steroid dienone is 2. The number of alkyl halides is 3. The van der Waals surface area contributed by atoms with Gasteiger partial charge in [0.15, 0.2) is 0 Å². The molecule has 0 unspecified atom stereocenters. The van der Waals surface area contributed by atoms with Crippen LogP contribution in [-0.4, -0.2) is 35.2 Å². The number of amides is 3. The topological polar surface area (TPSA) is 66.5 Å². The number of hydrogen-bond donors (Lipinski definition) is 1. The van der Waals surface area contributed by atoms with Gasteiger partial charge in [-0.15, -0.1) is 0 Å². The number of likely N-dealkylation sites (tertiary alicyclic amines) is 1. The molecule has 1 N–H and O–H groups in total. The molecule has 1 fully saturated rings. The van der Waals surface area contributed by atoms with Gasteiger partial charge in [-0.2, -0.15) is 13.2 Å². The zero-order chi connectivity index (χ0) is 21.2. The van der Waals surface area contributed by atoms with E-state index >= 15 is 0 Å². The summed E-state index contributed by atoms with van der Waals surface area (Å²) in [4.78, 5) is 38.3. The molecule has 3 amide bonds. The van der Waals surface area contributed by atoms with Gasteiger partial charge in [0.05, 0.1) is 23.9 Å². The van der Waals surface area contributed by atoms with Gasteiger partial charge in [0, 0.05) is 5.56 Å². The molecular weight excluding hydrogens is 385 g/mol. The molecule has 152 valence electrons. The van der Waals surface area contributed by atoms with Gasteiger partial charge in [-0.3, -0.25) is 19.3 Å². The summed E-state index contributed by atoms with van der Waals surface area (Å²) in [5, 5.41) is 2.50. The van der Waals surface area contributed by atoms with E-state index in [0.29, 0.717) is 12.8 Å². The Morgan fingerprint density at radius 3 is 2.41 bits per heavy atom. The number of carbonyl (C=O) groups is 3. The highest BCUT2D eigenvalue weighted by molar-refractivity contribution is 6.08. The van der Waals surface area contributed by atoms with E-state index in [-0.39, 0.29) is 23.9 Å². The van der Waals surface area contributed by atoms with Crippen molar-refractivity contribution in [3.63, 3.8) is 0 Å². The minimum atomic E-state index is -4.46. The summed E-state index contributed by atoms with van der Waals surface area (Å²) >= 11 is 0. The fourth-order valence-electron chi connectivity index (χ4n) is 3.52. The molecule has 2 aliphatic rings. The Balaban J connectivity index is 1.59. The summed E-state index contributed by atoms with van der Waals surface area (Å²) in [5.41, 5.74) is -0.632. The van der Waals surface area contributed by atoms with Gasteiger partial charge in [-0.25, -0.2) is 0 Å². The number of fused-ring (bicyclic) bond motifs is 1. The third-order valence-corrected chi connectivity index (χ3v) is 5.08. The highest BCUT2D eigenvalue weighted by atomic mass is 19.4. The van der Waals surface area contributed by atoms with Crippen molar-refractivity contribution in [2.75, 3.05) is 6.54 Å². The number of halogens is 3. The Morgan fingerprint density at radius 2 is 1.83 bits per heavy atom. The molecule has 1 aromatic carbocycles. The highest BCUT2D eigenvalue weighted by Gasteiger charge is 2.50. The molecule has 0 saturated carbocycles. The summed E-state index contributed by atoms with van der Waals surface area (Å²) in [7, 11) is 0. The van der Waals surface area contributed by atoms with Crippen molar-refractivity contribution in [2.24, 2.45) is 11.8 Å². The van der Waals surface area contributed by atoms with Gasteiger partial charge in [-0.1, -0.05) is 30.1 Å². The Bertz CT molecular complexity index is 901. The summed E-state index contributed by atoms with van der Waals surface area (Å²) in [6, 6.07) is 3.59. The van der Waals surface area contributed by atoms with Crippen LogP contribution in [0.2, 0.25) is 0 Å². The van der Waals surface area contributed by atoms with E-state index < -0.39 is 35.5 Å². The maximum Gasteiger partial charge on any atom is 0.416 e. The molecule has 3 atom stereocenters. The quantitative estimate of drug-likeness (QED) is 0.478. The molecule has 0 aromatic heterocycles. The van der Waals surface area contributed by atoms with Crippen molar-refractivity contribution in [3.8, 4) is 11.8 Å². The first-order valence-corrected chi connectivity index (χ1v) is 9.16. The summed E-state index contributed by atoms with van der Waals surface area (Å²) < 4.78 is 38.1. The molecule has 1 heterocycles. The molecule has 29 heavy (non-hydrogen) atoms. The van der Waals surface area contributed by atoms with E-state index in [2.05, 4.69) is 17.2 Å². The minimum absolute atomic E-state index is 0.121. The summed E-state index contributed by atoms with van der Waals surface area (Å²) in [5.74, 6) is 3.08. The third-order valence-electron chi connectivity index (χ3n) is 5.08. The fraction of sp³-hybridized carbons (Fsp3) is 0.381. The first-order chi connectivity index (χ1) is 13.7. The second kappa shape index (κ2) is 8.11. The predicted octanol–water partition coefficient (Wildman–Crippen LogP) is 2.51. The second-order valence-corrected chi connectivity index (χ2v) is 6.98. The molecule has 5 nitrogen and oxygen atoms in total. The van der Waals surface area contributed by atoms with Crippen molar-refractivity contribution in [2.45, 2.75) is 32.0 Å². The average Bonchev–Trinajstić information content (AvgIpc) is 2.95. The Hall–Kier alpha value is -3.08. The lowest BCUT2D eigenvalue weighted by molar-refractivity contribution is -0.147. The van der Waals surface area contributed by atoms with E-state index in [9.17, 15) is 27.6 Å². The van der Waals surface area contributed by atoms with Crippen LogP contribution in [0.5, 0.6) is 0 Å². The standard InChI is InChI=1S/C21H19F3N2O3/c1-13(26-19(28)16-9-2-3-10-17(16)20(26)29)18(27)25-11-5-7-14-6-4-8-15(12-14)21(22,23)24/h2-4,6,8,12-13,16-17H,9-11H2,1H3,(H,25,27)/t13-,16-,17-/m1/s1. The predicted molar refractivity (Wildman–Crippen MR) is 98.0 cm³/mol. The van der Waals surface area contributed by atoms with Gasteiger partial charge in [0.25, 0.3) is 0 Å². The zero-order valence-electron chi connectivity index (χ0n) is 15.6. The van der Waals surface area contributed by atoms with E-state index in [0.717, 1.165) is 17.0 Å². The molecule has 1 aliphatic carbocycles.